The summed E-state index contributed by atoms with van der Waals surface area (Å²) in [5, 5.41) is 3.39. The van der Waals surface area contributed by atoms with Crippen molar-refractivity contribution in [1.82, 2.24) is 15.2 Å². The van der Waals surface area contributed by atoms with E-state index in [1.165, 1.54) is 0 Å². The van der Waals surface area contributed by atoms with Crippen LogP contribution in [-0.4, -0.2) is 42.2 Å². The molecule has 0 unspecified atom stereocenters. The molecule has 0 amide bonds. The van der Waals surface area contributed by atoms with Gasteiger partial charge in [-0.2, -0.15) is 0 Å². The molecule has 1 rings (SSSR count). The number of aromatic nitrogens is 1. The minimum Gasteiger partial charge on any atom is -0.476 e. The molecule has 1 heterocycles. The molecule has 0 aliphatic carbocycles. The summed E-state index contributed by atoms with van der Waals surface area (Å²) in [4.78, 5) is 6.67. The van der Waals surface area contributed by atoms with E-state index < -0.39 is 0 Å². The summed E-state index contributed by atoms with van der Waals surface area (Å²) < 4.78 is 5.81. The first-order valence-electron chi connectivity index (χ1n) is 7.19. The lowest BCUT2D eigenvalue weighted by molar-refractivity contribution is 0.216. The summed E-state index contributed by atoms with van der Waals surface area (Å²) in [5.74, 6) is 0.753. The molecule has 4 heteroatoms. The van der Waals surface area contributed by atoms with Crippen LogP contribution < -0.4 is 10.1 Å². The Morgan fingerprint density at radius 3 is 2.68 bits per heavy atom. The summed E-state index contributed by atoms with van der Waals surface area (Å²) in [5.41, 5.74) is 1.12. The standard InChI is InChI=1S/C15H27N3O/c1-5-18(6-2)10-11-19-15-14(8-7-9-16-15)12-17-13(3)4/h7-9,13,17H,5-6,10-12H2,1-4H3. The van der Waals surface area contributed by atoms with Gasteiger partial charge in [-0.15, -0.1) is 0 Å². The van der Waals surface area contributed by atoms with Crippen LogP contribution in [0.3, 0.4) is 0 Å². The van der Waals surface area contributed by atoms with Gasteiger partial charge in [-0.1, -0.05) is 33.8 Å². The fraction of sp³-hybridized carbons (Fsp3) is 0.667. The molecule has 4 nitrogen and oxygen atoms in total. The zero-order valence-corrected chi connectivity index (χ0v) is 12.6. The molecule has 0 aliphatic heterocycles. The number of likely N-dealkylation sites (N-methyl/N-ethyl adjacent to an activating group) is 1. The van der Waals surface area contributed by atoms with Gasteiger partial charge < -0.3 is 15.0 Å². The summed E-state index contributed by atoms with van der Waals surface area (Å²) in [7, 11) is 0. The number of nitrogens with one attached hydrogen (secondary N) is 1. The maximum atomic E-state index is 5.81. The molecular weight excluding hydrogens is 238 g/mol. The second-order valence-electron chi connectivity index (χ2n) is 4.88. The van der Waals surface area contributed by atoms with Crippen LogP contribution in [0.2, 0.25) is 0 Å². The Hall–Kier alpha value is -1.13. The first kappa shape index (κ1) is 15.9. The lowest BCUT2D eigenvalue weighted by Crippen LogP contribution is -2.28. The van der Waals surface area contributed by atoms with E-state index >= 15 is 0 Å². The van der Waals surface area contributed by atoms with Gasteiger partial charge >= 0.3 is 0 Å². The molecule has 0 aliphatic rings. The average Bonchev–Trinajstić information content (AvgIpc) is 2.42. The zero-order valence-electron chi connectivity index (χ0n) is 12.6. The molecule has 0 bridgehead atoms. The number of ether oxygens (including phenoxy) is 1. The molecule has 0 saturated heterocycles. The van der Waals surface area contributed by atoms with Crippen molar-refractivity contribution in [2.45, 2.75) is 40.3 Å². The van der Waals surface area contributed by atoms with Gasteiger partial charge in [-0.05, 0) is 19.2 Å². The van der Waals surface area contributed by atoms with Crippen molar-refractivity contribution in [2.75, 3.05) is 26.2 Å². The Morgan fingerprint density at radius 2 is 2.05 bits per heavy atom. The van der Waals surface area contributed by atoms with Crippen LogP contribution in [-0.2, 0) is 6.54 Å². The molecule has 1 aromatic rings. The highest BCUT2D eigenvalue weighted by Crippen LogP contribution is 2.14. The molecule has 0 atom stereocenters. The van der Waals surface area contributed by atoms with Crippen molar-refractivity contribution < 1.29 is 4.74 Å². The van der Waals surface area contributed by atoms with Gasteiger partial charge in [-0.25, -0.2) is 4.98 Å². The van der Waals surface area contributed by atoms with Crippen LogP contribution in [0.4, 0.5) is 0 Å². The van der Waals surface area contributed by atoms with E-state index in [0.29, 0.717) is 12.6 Å². The van der Waals surface area contributed by atoms with Crippen molar-refractivity contribution in [1.29, 1.82) is 0 Å². The number of rotatable bonds is 9. The van der Waals surface area contributed by atoms with Gasteiger partial charge in [0.1, 0.15) is 6.61 Å². The normalized spacial score (nSPS) is 11.3. The van der Waals surface area contributed by atoms with Crippen LogP contribution in [0.1, 0.15) is 33.3 Å². The van der Waals surface area contributed by atoms with E-state index in [1.807, 2.05) is 6.07 Å². The van der Waals surface area contributed by atoms with Gasteiger partial charge in [0, 0.05) is 30.9 Å². The quantitative estimate of drug-likeness (QED) is 0.743. The van der Waals surface area contributed by atoms with Crippen LogP contribution in [0.15, 0.2) is 18.3 Å². The lowest BCUT2D eigenvalue weighted by Gasteiger charge is -2.18. The lowest BCUT2D eigenvalue weighted by atomic mass is 10.2. The van der Waals surface area contributed by atoms with Crippen molar-refractivity contribution in [3.63, 3.8) is 0 Å². The second kappa shape index (κ2) is 8.88. The topological polar surface area (TPSA) is 37.4 Å². The molecule has 0 fully saturated rings. The highest BCUT2D eigenvalue weighted by Gasteiger charge is 2.06. The largest absolute Gasteiger partial charge is 0.476 e. The fourth-order valence-corrected chi connectivity index (χ4v) is 1.81. The van der Waals surface area contributed by atoms with Crippen LogP contribution >= 0.6 is 0 Å². The monoisotopic (exact) mass is 265 g/mol. The van der Waals surface area contributed by atoms with E-state index in [0.717, 1.165) is 37.6 Å². The summed E-state index contributed by atoms with van der Waals surface area (Å²) in [6.45, 7) is 13.2. The predicted octanol–water partition coefficient (Wildman–Crippen LogP) is 2.30. The summed E-state index contributed by atoms with van der Waals surface area (Å²) >= 11 is 0. The molecule has 1 aromatic heterocycles. The van der Waals surface area contributed by atoms with Crippen molar-refractivity contribution in [2.24, 2.45) is 0 Å². The smallest absolute Gasteiger partial charge is 0.217 e. The first-order valence-corrected chi connectivity index (χ1v) is 7.19. The Balaban J connectivity index is 2.48. The van der Waals surface area contributed by atoms with Gasteiger partial charge in [-0.3, -0.25) is 0 Å². The fourth-order valence-electron chi connectivity index (χ4n) is 1.81. The maximum absolute atomic E-state index is 5.81. The Labute approximate surface area is 117 Å². The Kier molecular flexibility index (Phi) is 7.45. The minimum absolute atomic E-state index is 0.462. The van der Waals surface area contributed by atoms with Gasteiger partial charge in [0.15, 0.2) is 0 Å². The van der Waals surface area contributed by atoms with E-state index in [9.17, 15) is 0 Å². The number of nitrogens with zero attached hydrogens (tertiary/aromatic N) is 2. The summed E-state index contributed by atoms with van der Waals surface area (Å²) in [6, 6.07) is 4.48. The van der Waals surface area contributed by atoms with E-state index in [4.69, 9.17) is 4.74 Å². The highest BCUT2D eigenvalue weighted by molar-refractivity contribution is 5.25. The first-order chi connectivity index (χ1) is 9.17. The minimum atomic E-state index is 0.462. The zero-order chi connectivity index (χ0) is 14.1. The van der Waals surface area contributed by atoms with E-state index in [2.05, 4.69) is 49.0 Å². The van der Waals surface area contributed by atoms with Crippen LogP contribution in [0.5, 0.6) is 5.88 Å². The molecule has 108 valence electrons. The SMILES string of the molecule is CCN(CC)CCOc1ncccc1CNC(C)C. The van der Waals surface area contributed by atoms with Crippen molar-refractivity contribution >= 4 is 0 Å². The number of hydrogen-bond donors (Lipinski definition) is 1. The Bertz CT molecular complexity index is 351. The maximum Gasteiger partial charge on any atom is 0.217 e. The predicted molar refractivity (Wildman–Crippen MR) is 79.5 cm³/mol. The van der Waals surface area contributed by atoms with Gasteiger partial charge in [0.05, 0.1) is 0 Å². The number of hydrogen-bond acceptors (Lipinski definition) is 4. The van der Waals surface area contributed by atoms with Gasteiger partial charge in [0.25, 0.3) is 0 Å². The van der Waals surface area contributed by atoms with Crippen molar-refractivity contribution in [3.8, 4) is 5.88 Å². The van der Waals surface area contributed by atoms with Crippen LogP contribution in [0, 0.1) is 0 Å². The van der Waals surface area contributed by atoms with Crippen LogP contribution in [0.25, 0.3) is 0 Å². The van der Waals surface area contributed by atoms with Crippen molar-refractivity contribution in [3.05, 3.63) is 23.9 Å². The van der Waals surface area contributed by atoms with E-state index in [-0.39, 0.29) is 0 Å². The highest BCUT2D eigenvalue weighted by atomic mass is 16.5. The van der Waals surface area contributed by atoms with E-state index in [1.54, 1.807) is 6.20 Å². The number of pyridine rings is 1. The molecule has 0 radical (unpaired) electrons. The third-order valence-corrected chi connectivity index (χ3v) is 3.09. The third kappa shape index (κ3) is 6.03. The Morgan fingerprint density at radius 1 is 1.32 bits per heavy atom. The average molecular weight is 265 g/mol. The molecule has 1 N–H and O–H groups in total. The van der Waals surface area contributed by atoms with Gasteiger partial charge in [0.2, 0.25) is 5.88 Å². The molecule has 19 heavy (non-hydrogen) atoms. The molecular formula is C15H27N3O. The summed E-state index contributed by atoms with van der Waals surface area (Å²) in [6.07, 6.45) is 1.78. The molecule has 0 aromatic carbocycles. The third-order valence-electron chi connectivity index (χ3n) is 3.09. The second-order valence-corrected chi connectivity index (χ2v) is 4.88. The molecule has 0 spiro atoms. The molecule has 0 saturated carbocycles.